The van der Waals surface area contributed by atoms with Crippen LogP contribution in [0.2, 0.25) is 0 Å². The van der Waals surface area contributed by atoms with Crippen LogP contribution in [0.1, 0.15) is 0 Å². The molecule has 202 valence electrons. The number of benzene rings is 6. The molecular weight excluding hydrogens is 701 g/mol. The standard InChI is InChI=1S/2C18H15P.CH2.Pt/c2*1-4-10-16(11-5-1)19(17-12-6-2-7-13-17)18-14-8-3-9-15-18;;/h2*1-15H;1H2;/q;;;-2/p+2. The van der Waals surface area contributed by atoms with Crippen molar-refractivity contribution >= 4 is 47.4 Å². The number of rotatable bonds is 8. The van der Waals surface area contributed by atoms with Crippen LogP contribution < -0.4 is 31.8 Å². The van der Waals surface area contributed by atoms with E-state index < -0.39 is 26.5 Å². The quantitative estimate of drug-likeness (QED) is 0.161. The topological polar surface area (TPSA) is 0 Å². The fourth-order valence-corrected chi connectivity index (χ4v) is 60.3. The number of hydrogen-bond acceptors (Lipinski definition) is 0. The number of hydrogen-bond donors (Lipinski definition) is 0. The van der Waals surface area contributed by atoms with Gasteiger partial charge in [-0.25, -0.2) is 0 Å². The van der Waals surface area contributed by atoms with Gasteiger partial charge in [-0.05, 0) is 0 Å². The van der Waals surface area contributed by atoms with Gasteiger partial charge < -0.3 is 0 Å². The summed E-state index contributed by atoms with van der Waals surface area (Å²) in [4.78, 5) is 5.52. The monoisotopic (exact) mass is 735 g/mol. The van der Waals surface area contributed by atoms with Crippen molar-refractivity contribution in [3.63, 3.8) is 0 Å². The van der Waals surface area contributed by atoms with Crippen LogP contribution in [0.4, 0.5) is 0 Å². The van der Waals surface area contributed by atoms with Crippen molar-refractivity contribution in [2.45, 2.75) is 0 Å². The third-order valence-corrected chi connectivity index (χ3v) is 51.0. The summed E-state index contributed by atoms with van der Waals surface area (Å²) < 4.78 is 0. The van der Waals surface area contributed by atoms with Crippen molar-refractivity contribution in [2.75, 3.05) is 0 Å². The van der Waals surface area contributed by atoms with E-state index >= 15 is 0 Å². The molecule has 0 N–H and O–H groups in total. The average Bonchev–Trinajstić information content (AvgIpc) is 3.05. The molecule has 0 atom stereocenters. The molecule has 0 aromatic heterocycles. The van der Waals surface area contributed by atoms with E-state index in [0.29, 0.717) is 0 Å². The first kappa shape index (κ1) is 26.9. The van der Waals surface area contributed by atoms with Crippen LogP contribution in [0.3, 0.4) is 0 Å². The Morgan fingerprint density at radius 3 is 0.575 bits per heavy atom. The van der Waals surface area contributed by atoms with Gasteiger partial charge in [-0.1, -0.05) is 0 Å². The third kappa shape index (κ3) is 4.60. The Morgan fingerprint density at radius 1 is 0.275 bits per heavy atom. The zero-order valence-electron chi connectivity index (χ0n) is 22.3. The summed E-state index contributed by atoms with van der Waals surface area (Å²) in [5.41, 5.74) is 0. The van der Waals surface area contributed by atoms with Gasteiger partial charge in [-0.3, -0.25) is 0 Å². The molecule has 6 aromatic rings. The van der Waals surface area contributed by atoms with E-state index in [1.807, 2.05) is 0 Å². The van der Waals surface area contributed by atoms with Crippen LogP contribution in [-0.4, -0.2) is 4.90 Å². The van der Waals surface area contributed by atoms with Crippen LogP contribution in [0.25, 0.3) is 0 Å². The molecule has 0 heterocycles. The first-order valence-corrected chi connectivity index (χ1v) is 25.6. The van der Waals surface area contributed by atoms with E-state index in [2.05, 4.69) is 182 Å². The van der Waals surface area contributed by atoms with Crippen LogP contribution in [-0.2, 0) is 15.8 Å². The van der Waals surface area contributed by atoms with Crippen LogP contribution in [0.5, 0.6) is 0 Å². The summed E-state index contributed by atoms with van der Waals surface area (Å²) in [6.07, 6.45) is 0. The maximum atomic E-state index is 5.52. The van der Waals surface area contributed by atoms with E-state index in [1.54, 1.807) is 0 Å². The second kappa shape index (κ2) is 12.1. The minimum absolute atomic E-state index is 1.47. The Hall–Kier alpha value is -3.26. The molecule has 0 spiro atoms. The van der Waals surface area contributed by atoms with Gasteiger partial charge in [0.1, 0.15) is 0 Å². The third-order valence-electron chi connectivity index (χ3n) is 7.50. The molecule has 6 aromatic carbocycles. The molecule has 0 amide bonds. The molecule has 0 aliphatic carbocycles. The molecule has 0 fully saturated rings. The van der Waals surface area contributed by atoms with Gasteiger partial charge >= 0.3 is 245 Å². The van der Waals surface area contributed by atoms with Crippen molar-refractivity contribution in [1.82, 2.24) is 0 Å². The Morgan fingerprint density at radius 2 is 0.425 bits per heavy atom. The molecule has 0 radical (unpaired) electrons. The van der Waals surface area contributed by atoms with Crippen LogP contribution >= 0.6 is 10.7 Å². The Balaban J connectivity index is 1.82. The zero-order chi connectivity index (χ0) is 27.3. The van der Waals surface area contributed by atoms with E-state index in [-0.39, 0.29) is 0 Å². The van der Waals surface area contributed by atoms with E-state index in [4.69, 9.17) is 4.90 Å². The normalized spacial score (nSPS) is 12.8. The predicted octanol–water partition coefficient (Wildman–Crippen LogP) is 6.32. The van der Waals surface area contributed by atoms with Crippen LogP contribution in [0, 0.1) is 0 Å². The Bertz CT molecular complexity index is 1350. The summed E-state index contributed by atoms with van der Waals surface area (Å²) in [7, 11) is 0. The maximum absolute atomic E-state index is 5.52. The second-order valence-electron chi connectivity index (χ2n) is 9.72. The SMILES string of the molecule is [CH2]=[Pt]([PH](c1ccccc1)(c1ccccc1)c1ccccc1)[PH](c1ccccc1)(c1ccccc1)c1ccccc1. The molecule has 0 aliphatic heterocycles. The van der Waals surface area contributed by atoms with Gasteiger partial charge in [0.15, 0.2) is 0 Å². The predicted molar refractivity (Wildman–Crippen MR) is 180 cm³/mol. The van der Waals surface area contributed by atoms with Crippen LogP contribution in [0.15, 0.2) is 182 Å². The van der Waals surface area contributed by atoms with Crippen molar-refractivity contribution in [2.24, 2.45) is 0 Å². The van der Waals surface area contributed by atoms with Gasteiger partial charge in [0, 0.05) is 0 Å². The summed E-state index contributed by atoms with van der Waals surface area (Å²) >= 11 is -2.32. The molecule has 0 bridgehead atoms. The fourth-order valence-electron chi connectivity index (χ4n) is 5.78. The molecular formula is C37H34P2Pt. The summed E-state index contributed by atoms with van der Waals surface area (Å²) in [6, 6.07) is 68.3. The van der Waals surface area contributed by atoms with Crippen molar-refractivity contribution in [1.29, 1.82) is 0 Å². The molecule has 3 heteroatoms. The minimum atomic E-state index is -2.60. The summed E-state index contributed by atoms with van der Waals surface area (Å²) in [6.45, 7) is 0. The molecule has 0 aliphatic rings. The van der Waals surface area contributed by atoms with Gasteiger partial charge in [0.05, 0.1) is 0 Å². The first-order valence-electron chi connectivity index (χ1n) is 13.5. The molecule has 0 unspecified atom stereocenters. The first-order chi connectivity index (χ1) is 19.8. The van der Waals surface area contributed by atoms with Crippen molar-refractivity contribution in [3.05, 3.63) is 182 Å². The average molecular weight is 736 g/mol. The van der Waals surface area contributed by atoms with Gasteiger partial charge in [0.2, 0.25) is 0 Å². The second-order valence-corrected chi connectivity index (χ2v) is 36.9. The Kier molecular flexibility index (Phi) is 8.14. The molecule has 0 nitrogen and oxygen atoms in total. The van der Waals surface area contributed by atoms with Gasteiger partial charge in [-0.2, -0.15) is 0 Å². The van der Waals surface area contributed by atoms with E-state index in [9.17, 15) is 0 Å². The molecule has 6 rings (SSSR count). The fraction of sp³-hybridized carbons (Fsp3) is 0. The van der Waals surface area contributed by atoms with Gasteiger partial charge in [0.25, 0.3) is 0 Å². The zero-order valence-corrected chi connectivity index (χ0v) is 26.6. The van der Waals surface area contributed by atoms with Crippen molar-refractivity contribution < 1.29 is 15.8 Å². The Labute approximate surface area is 244 Å². The van der Waals surface area contributed by atoms with Gasteiger partial charge in [-0.15, -0.1) is 0 Å². The summed E-state index contributed by atoms with van der Waals surface area (Å²) in [5, 5.41) is 3.59. The molecule has 40 heavy (non-hydrogen) atoms. The molecule has 0 saturated heterocycles. The summed E-state index contributed by atoms with van der Waals surface area (Å²) in [5.74, 6) is 0. The molecule has 0 saturated carbocycles. The van der Waals surface area contributed by atoms with E-state index in [1.165, 1.54) is 31.8 Å². The van der Waals surface area contributed by atoms with E-state index in [0.717, 1.165) is 0 Å². The van der Waals surface area contributed by atoms with Crippen molar-refractivity contribution in [3.8, 4) is 0 Å².